The average molecular weight is 292 g/mol. The number of nitriles is 1. The summed E-state index contributed by atoms with van der Waals surface area (Å²) in [6, 6.07) is 8.08. The molecular weight excluding hydrogens is 276 g/mol. The number of aryl methyl sites for hydroxylation is 3. The van der Waals surface area contributed by atoms with Gasteiger partial charge in [0.15, 0.2) is 5.82 Å². The van der Waals surface area contributed by atoms with E-state index in [4.69, 9.17) is 0 Å². The van der Waals surface area contributed by atoms with Crippen LogP contribution in [0, 0.1) is 32.1 Å². The van der Waals surface area contributed by atoms with Gasteiger partial charge in [-0.15, -0.1) is 5.10 Å². The molecule has 6 nitrogen and oxygen atoms in total. The molecule has 1 aromatic carbocycles. The van der Waals surface area contributed by atoms with Crippen LogP contribution in [-0.4, -0.2) is 19.7 Å². The van der Waals surface area contributed by atoms with E-state index in [0.29, 0.717) is 11.4 Å². The Balaban J connectivity index is 2.04. The Morgan fingerprint density at radius 2 is 1.95 bits per heavy atom. The lowest BCUT2D eigenvalue weighted by atomic mass is 10.1. The number of imidazole rings is 1. The van der Waals surface area contributed by atoms with Crippen molar-refractivity contribution in [2.75, 3.05) is 5.32 Å². The fourth-order valence-electron chi connectivity index (χ4n) is 2.37. The Morgan fingerprint density at radius 1 is 1.18 bits per heavy atom. The van der Waals surface area contributed by atoms with Crippen molar-refractivity contribution in [3.63, 3.8) is 0 Å². The van der Waals surface area contributed by atoms with Crippen molar-refractivity contribution in [3.8, 4) is 6.07 Å². The second-order valence-corrected chi connectivity index (χ2v) is 5.29. The van der Waals surface area contributed by atoms with Gasteiger partial charge in [-0.2, -0.15) is 10.4 Å². The van der Waals surface area contributed by atoms with Crippen molar-refractivity contribution in [2.45, 2.75) is 20.8 Å². The van der Waals surface area contributed by atoms with Gasteiger partial charge in [-0.1, -0.05) is 0 Å². The molecular formula is C16H16N6. The van der Waals surface area contributed by atoms with E-state index in [2.05, 4.69) is 26.6 Å². The smallest absolute Gasteiger partial charge is 0.171 e. The zero-order chi connectivity index (χ0) is 15.9. The lowest BCUT2D eigenvalue weighted by Gasteiger charge is -2.09. The SMILES string of the molecule is Cc1nnc(Nc2ccc3c(c2)nc(C)n3C)c(C#N)c1C. The fraction of sp³-hybridized carbons (Fsp3) is 0.250. The van der Waals surface area contributed by atoms with E-state index >= 15 is 0 Å². The third kappa shape index (κ3) is 2.17. The third-order valence-corrected chi connectivity index (χ3v) is 3.93. The minimum Gasteiger partial charge on any atom is -0.338 e. The monoisotopic (exact) mass is 292 g/mol. The highest BCUT2D eigenvalue weighted by molar-refractivity contribution is 5.81. The highest BCUT2D eigenvalue weighted by Crippen LogP contribution is 2.24. The topological polar surface area (TPSA) is 79.4 Å². The number of hydrogen-bond donors (Lipinski definition) is 1. The molecule has 3 aromatic rings. The molecule has 1 N–H and O–H groups in total. The van der Waals surface area contributed by atoms with Crippen LogP contribution in [0.25, 0.3) is 11.0 Å². The second kappa shape index (κ2) is 5.11. The first-order chi connectivity index (χ1) is 10.5. The van der Waals surface area contributed by atoms with Gasteiger partial charge in [0.2, 0.25) is 0 Å². The number of nitrogens with one attached hydrogen (secondary N) is 1. The Hall–Kier alpha value is -2.94. The Morgan fingerprint density at radius 3 is 2.68 bits per heavy atom. The quantitative estimate of drug-likeness (QED) is 0.785. The summed E-state index contributed by atoms with van der Waals surface area (Å²) in [5, 5.41) is 20.7. The molecule has 0 radical (unpaired) electrons. The first-order valence-electron chi connectivity index (χ1n) is 6.95. The van der Waals surface area contributed by atoms with Gasteiger partial charge >= 0.3 is 0 Å². The minimum atomic E-state index is 0.470. The van der Waals surface area contributed by atoms with Gasteiger partial charge in [0.25, 0.3) is 0 Å². The molecule has 6 heteroatoms. The van der Waals surface area contributed by atoms with E-state index in [1.54, 1.807) is 0 Å². The molecule has 2 aromatic heterocycles. The van der Waals surface area contributed by atoms with Crippen molar-refractivity contribution < 1.29 is 0 Å². The largest absolute Gasteiger partial charge is 0.338 e. The molecule has 0 bridgehead atoms. The zero-order valence-electron chi connectivity index (χ0n) is 13.0. The zero-order valence-corrected chi connectivity index (χ0v) is 13.0. The Kier molecular flexibility index (Phi) is 3.26. The molecule has 0 amide bonds. The minimum absolute atomic E-state index is 0.470. The van der Waals surface area contributed by atoms with Crippen molar-refractivity contribution in [1.82, 2.24) is 19.7 Å². The Bertz CT molecular complexity index is 917. The van der Waals surface area contributed by atoms with Gasteiger partial charge in [0, 0.05) is 12.7 Å². The molecule has 0 aliphatic carbocycles. The molecule has 0 saturated heterocycles. The normalized spacial score (nSPS) is 10.7. The van der Waals surface area contributed by atoms with Crippen LogP contribution in [-0.2, 0) is 7.05 Å². The van der Waals surface area contributed by atoms with Crippen LogP contribution < -0.4 is 5.32 Å². The first-order valence-corrected chi connectivity index (χ1v) is 6.95. The van der Waals surface area contributed by atoms with E-state index < -0.39 is 0 Å². The standard InChI is InChI=1S/C16H16N6/c1-9-10(2)20-21-16(13(9)8-17)19-12-5-6-15-14(7-12)18-11(3)22(15)4/h5-7H,1-4H3,(H,19,21). The molecule has 0 saturated carbocycles. The highest BCUT2D eigenvalue weighted by atomic mass is 15.2. The lowest BCUT2D eigenvalue weighted by Crippen LogP contribution is -2.03. The molecule has 22 heavy (non-hydrogen) atoms. The molecule has 0 spiro atoms. The van der Waals surface area contributed by atoms with E-state index in [0.717, 1.165) is 33.8 Å². The fourth-order valence-corrected chi connectivity index (χ4v) is 2.37. The highest BCUT2D eigenvalue weighted by Gasteiger charge is 2.12. The predicted octanol–water partition coefficient (Wildman–Crippen LogP) is 2.90. The number of benzene rings is 1. The summed E-state index contributed by atoms with van der Waals surface area (Å²) in [7, 11) is 1.99. The van der Waals surface area contributed by atoms with Crippen LogP contribution in [0.4, 0.5) is 11.5 Å². The van der Waals surface area contributed by atoms with Crippen LogP contribution in [0.1, 0.15) is 22.6 Å². The Labute approximate surface area is 128 Å². The van der Waals surface area contributed by atoms with Crippen molar-refractivity contribution in [3.05, 3.63) is 40.8 Å². The third-order valence-electron chi connectivity index (χ3n) is 3.93. The van der Waals surface area contributed by atoms with Crippen molar-refractivity contribution in [2.24, 2.45) is 7.05 Å². The van der Waals surface area contributed by atoms with Gasteiger partial charge in [0.05, 0.1) is 16.7 Å². The maximum Gasteiger partial charge on any atom is 0.171 e. The van der Waals surface area contributed by atoms with Gasteiger partial charge in [0.1, 0.15) is 17.5 Å². The van der Waals surface area contributed by atoms with Crippen molar-refractivity contribution in [1.29, 1.82) is 5.26 Å². The van der Waals surface area contributed by atoms with Crippen LogP contribution in [0.15, 0.2) is 18.2 Å². The molecule has 0 aliphatic heterocycles. The maximum atomic E-state index is 9.34. The number of rotatable bonds is 2. The number of aromatic nitrogens is 4. The summed E-state index contributed by atoms with van der Waals surface area (Å²) in [4.78, 5) is 4.51. The molecule has 2 heterocycles. The number of fused-ring (bicyclic) bond motifs is 1. The maximum absolute atomic E-state index is 9.34. The second-order valence-electron chi connectivity index (χ2n) is 5.29. The van der Waals surface area contributed by atoms with E-state index in [1.165, 1.54) is 0 Å². The summed E-state index contributed by atoms with van der Waals surface area (Å²) in [6.07, 6.45) is 0. The van der Waals surface area contributed by atoms with Crippen LogP contribution in [0.2, 0.25) is 0 Å². The predicted molar refractivity (Wildman–Crippen MR) is 85.0 cm³/mol. The van der Waals surface area contributed by atoms with E-state index in [-0.39, 0.29) is 0 Å². The molecule has 0 fully saturated rings. The van der Waals surface area contributed by atoms with Crippen LogP contribution in [0.5, 0.6) is 0 Å². The molecule has 0 unspecified atom stereocenters. The number of anilines is 2. The van der Waals surface area contributed by atoms with Crippen LogP contribution >= 0.6 is 0 Å². The summed E-state index contributed by atoms with van der Waals surface area (Å²) < 4.78 is 2.04. The van der Waals surface area contributed by atoms with Gasteiger partial charge in [-0.25, -0.2) is 4.98 Å². The average Bonchev–Trinajstić information content (AvgIpc) is 2.78. The van der Waals surface area contributed by atoms with E-state index in [9.17, 15) is 5.26 Å². The van der Waals surface area contributed by atoms with Crippen LogP contribution in [0.3, 0.4) is 0 Å². The summed E-state index contributed by atoms with van der Waals surface area (Å²) >= 11 is 0. The lowest BCUT2D eigenvalue weighted by molar-refractivity contribution is 0.886. The van der Waals surface area contributed by atoms with Gasteiger partial charge in [-0.05, 0) is 44.5 Å². The van der Waals surface area contributed by atoms with Gasteiger partial charge < -0.3 is 9.88 Å². The molecule has 110 valence electrons. The molecule has 3 rings (SSSR count). The summed E-state index contributed by atoms with van der Waals surface area (Å²) in [5.74, 6) is 1.42. The van der Waals surface area contributed by atoms with Gasteiger partial charge in [-0.3, -0.25) is 0 Å². The summed E-state index contributed by atoms with van der Waals surface area (Å²) in [6.45, 7) is 5.68. The number of nitrogens with zero attached hydrogens (tertiary/aromatic N) is 5. The molecule has 0 atom stereocenters. The molecule has 0 aliphatic rings. The van der Waals surface area contributed by atoms with E-state index in [1.807, 2.05) is 50.6 Å². The first kappa shape index (κ1) is 14.0. The number of hydrogen-bond acceptors (Lipinski definition) is 5. The summed E-state index contributed by atoms with van der Waals surface area (Å²) in [5.41, 5.74) is 4.92. The van der Waals surface area contributed by atoms with Crippen molar-refractivity contribution >= 4 is 22.5 Å².